The van der Waals surface area contributed by atoms with Crippen LogP contribution >= 0.6 is 0 Å². The SMILES string of the molecule is CC(C)CCC[C@@H](C)[C@H]1CC[C@H]2[C@@H]3C(C)CC4=CC(=O)CC[C@]4(C)[C@H]3CC[C@]12C. The Kier molecular flexibility index (Phi) is 5.84. The van der Waals surface area contributed by atoms with Crippen molar-refractivity contribution in [1.82, 2.24) is 0 Å². The second-order valence-electron chi connectivity index (χ2n) is 12.6. The fourth-order valence-corrected chi connectivity index (χ4v) is 8.93. The van der Waals surface area contributed by atoms with Crippen LogP contribution in [-0.2, 0) is 4.79 Å². The van der Waals surface area contributed by atoms with E-state index in [4.69, 9.17) is 0 Å². The third-order valence-corrected chi connectivity index (χ3v) is 10.5. The molecule has 0 heterocycles. The summed E-state index contributed by atoms with van der Waals surface area (Å²) in [5, 5.41) is 0. The molecule has 1 heteroatoms. The molecule has 0 aromatic rings. The van der Waals surface area contributed by atoms with Crippen molar-refractivity contribution in [2.75, 3.05) is 0 Å². The molecule has 0 saturated heterocycles. The summed E-state index contributed by atoms with van der Waals surface area (Å²) in [6, 6.07) is 0. The normalized spacial score (nSPS) is 45.4. The Balaban J connectivity index is 1.54. The second kappa shape index (κ2) is 7.83. The zero-order chi connectivity index (χ0) is 21.0. The van der Waals surface area contributed by atoms with E-state index in [1.807, 2.05) is 0 Å². The largest absolute Gasteiger partial charge is 0.295 e. The van der Waals surface area contributed by atoms with E-state index in [2.05, 4.69) is 47.6 Å². The molecule has 0 N–H and O–H groups in total. The summed E-state index contributed by atoms with van der Waals surface area (Å²) in [4.78, 5) is 12.1. The lowest BCUT2D eigenvalue weighted by molar-refractivity contribution is -0.118. The van der Waals surface area contributed by atoms with Gasteiger partial charge in [0, 0.05) is 6.42 Å². The van der Waals surface area contributed by atoms with Crippen LogP contribution in [0.25, 0.3) is 0 Å². The van der Waals surface area contributed by atoms with E-state index in [-0.39, 0.29) is 0 Å². The van der Waals surface area contributed by atoms with Gasteiger partial charge in [0.05, 0.1) is 0 Å². The maximum atomic E-state index is 12.1. The Bertz CT molecular complexity index is 659. The highest BCUT2D eigenvalue weighted by atomic mass is 16.1. The van der Waals surface area contributed by atoms with Crippen LogP contribution in [0, 0.1) is 52.3 Å². The van der Waals surface area contributed by atoms with Crippen molar-refractivity contribution in [3.05, 3.63) is 11.6 Å². The van der Waals surface area contributed by atoms with Gasteiger partial charge in [0.1, 0.15) is 0 Å². The van der Waals surface area contributed by atoms with E-state index in [9.17, 15) is 4.79 Å². The summed E-state index contributed by atoms with van der Waals surface area (Å²) in [5.41, 5.74) is 2.39. The van der Waals surface area contributed by atoms with Crippen LogP contribution in [0.5, 0.6) is 0 Å². The molecule has 3 fully saturated rings. The average molecular weight is 399 g/mol. The molecule has 164 valence electrons. The molecule has 0 aliphatic heterocycles. The molecule has 1 nitrogen and oxygen atoms in total. The number of ketones is 1. The number of rotatable bonds is 5. The van der Waals surface area contributed by atoms with Gasteiger partial charge in [-0.05, 0) is 96.9 Å². The Morgan fingerprint density at radius 2 is 1.79 bits per heavy atom. The molecule has 1 unspecified atom stereocenters. The third kappa shape index (κ3) is 3.57. The lowest BCUT2D eigenvalue weighted by Crippen LogP contribution is -2.53. The number of hydrogen-bond donors (Lipinski definition) is 0. The highest BCUT2D eigenvalue weighted by Gasteiger charge is 2.60. The molecule has 3 saturated carbocycles. The summed E-state index contributed by atoms with van der Waals surface area (Å²) in [6.07, 6.45) is 15.2. The lowest BCUT2D eigenvalue weighted by Gasteiger charge is -2.60. The minimum absolute atomic E-state index is 0.313. The summed E-state index contributed by atoms with van der Waals surface area (Å²) >= 11 is 0. The maximum Gasteiger partial charge on any atom is 0.155 e. The first-order valence-electron chi connectivity index (χ1n) is 12.9. The van der Waals surface area contributed by atoms with Crippen LogP contribution in [0.1, 0.15) is 106 Å². The minimum Gasteiger partial charge on any atom is -0.295 e. The van der Waals surface area contributed by atoms with Gasteiger partial charge in [0.15, 0.2) is 5.78 Å². The molecule has 29 heavy (non-hydrogen) atoms. The van der Waals surface area contributed by atoms with Crippen molar-refractivity contribution < 1.29 is 4.79 Å². The highest BCUT2D eigenvalue weighted by Crippen LogP contribution is 2.68. The van der Waals surface area contributed by atoms with Crippen molar-refractivity contribution in [2.24, 2.45) is 52.3 Å². The van der Waals surface area contributed by atoms with Gasteiger partial charge in [-0.2, -0.15) is 0 Å². The van der Waals surface area contributed by atoms with Gasteiger partial charge in [-0.1, -0.05) is 66.4 Å². The molecular weight excluding hydrogens is 352 g/mol. The van der Waals surface area contributed by atoms with Gasteiger partial charge in [0.2, 0.25) is 0 Å². The third-order valence-electron chi connectivity index (χ3n) is 10.5. The minimum atomic E-state index is 0.313. The number of fused-ring (bicyclic) bond motifs is 5. The maximum absolute atomic E-state index is 12.1. The molecule has 0 amide bonds. The lowest BCUT2D eigenvalue weighted by atomic mass is 9.44. The van der Waals surface area contributed by atoms with Crippen molar-refractivity contribution >= 4 is 5.78 Å². The summed E-state index contributed by atoms with van der Waals surface area (Å²) in [6.45, 7) is 15.0. The van der Waals surface area contributed by atoms with E-state index < -0.39 is 0 Å². The summed E-state index contributed by atoms with van der Waals surface area (Å²) < 4.78 is 0. The predicted octanol–water partition coefficient (Wildman–Crippen LogP) is 7.84. The van der Waals surface area contributed by atoms with Crippen LogP contribution in [0.2, 0.25) is 0 Å². The second-order valence-corrected chi connectivity index (χ2v) is 12.6. The standard InChI is InChI=1S/C28H46O/c1-18(2)8-7-9-19(3)23-10-11-24-26-20(4)16-21-17-22(29)12-14-27(21,5)25(26)13-15-28(23,24)6/h17-20,23-26H,7-16H2,1-6H3/t19-,20?,23-,24+,25+,26+,27+,28-/m1/s1. The Hall–Kier alpha value is -0.590. The number of allylic oxidation sites excluding steroid dienone is 1. The van der Waals surface area contributed by atoms with E-state index >= 15 is 0 Å². The zero-order valence-electron chi connectivity index (χ0n) is 20.1. The monoisotopic (exact) mass is 398 g/mol. The van der Waals surface area contributed by atoms with Gasteiger partial charge < -0.3 is 0 Å². The molecule has 8 atom stereocenters. The molecule has 0 aromatic heterocycles. The van der Waals surface area contributed by atoms with Crippen molar-refractivity contribution in [3.8, 4) is 0 Å². The molecule has 4 aliphatic rings. The molecule has 0 bridgehead atoms. The number of hydrogen-bond acceptors (Lipinski definition) is 1. The molecule has 4 rings (SSSR count). The van der Waals surface area contributed by atoms with Crippen molar-refractivity contribution in [3.63, 3.8) is 0 Å². The highest BCUT2D eigenvalue weighted by molar-refractivity contribution is 5.91. The summed E-state index contributed by atoms with van der Waals surface area (Å²) in [7, 11) is 0. The van der Waals surface area contributed by atoms with E-state index in [1.165, 1.54) is 56.9 Å². The first kappa shape index (κ1) is 21.6. The number of carbonyl (C=O) groups is 1. The number of carbonyl (C=O) groups excluding carboxylic acids is 1. The topological polar surface area (TPSA) is 17.1 Å². The van der Waals surface area contributed by atoms with Crippen LogP contribution in [0.4, 0.5) is 0 Å². The van der Waals surface area contributed by atoms with Crippen molar-refractivity contribution in [2.45, 2.75) is 106 Å². The quantitative estimate of drug-likeness (QED) is 0.461. The van der Waals surface area contributed by atoms with Crippen LogP contribution in [0.15, 0.2) is 11.6 Å². The molecule has 4 aliphatic carbocycles. The Morgan fingerprint density at radius 1 is 1.03 bits per heavy atom. The Morgan fingerprint density at radius 3 is 2.52 bits per heavy atom. The molecule has 0 spiro atoms. The smallest absolute Gasteiger partial charge is 0.155 e. The van der Waals surface area contributed by atoms with Gasteiger partial charge in [0.25, 0.3) is 0 Å². The van der Waals surface area contributed by atoms with E-state index in [0.717, 1.165) is 54.3 Å². The van der Waals surface area contributed by atoms with Gasteiger partial charge in [-0.25, -0.2) is 0 Å². The van der Waals surface area contributed by atoms with Gasteiger partial charge >= 0.3 is 0 Å². The fraction of sp³-hybridized carbons (Fsp3) is 0.893. The van der Waals surface area contributed by atoms with Gasteiger partial charge in [-0.15, -0.1) is 0 Å². The van der Waals surface area contributed by atoms with Crippen LogP contribution in [-0.4, -0.2) is 5.78 Å². The zero-order valence-corrected chi connectivity index (χ0v) is 20.1. The van der Waals surface area contributed by atoms with Crippen LogP contribution < -0.4 is 0 Å². The van der Waals surface area contributed by atoms with E-state index in [0.29, 0.717) is 16.6 Å². The molecule has 0 radical (unpaired) electrons. The van der Waals surface area contributed by atoms with E-state index in [1.54, 1.807) is 0 Å². The average Bonchev–Trinajstić information content (AvgIpc) is 3.00. The first-order valence-corrected chi connectivity index (χ1v) is 12.9. The molecule has 0 aromatic carbocycles. The molecular formula is C28H46O. The fourth-order valence-electron chi connectivity index (χ4n) is 8.93. The summed E-state index contributed by atoms with van der Waals surface area (Å²) in [5.74, 6) is 6.44. The van der Waals surface area contributed by atoms with Gasteiger partial charge in [-0.3, -0.25) is 4.79 Å². The van der Waals surface area contributed by atoms with Crippen LogP contribution in [0.3, 0.4) is 0 Å². The Labute approximate surface area is 180 Å². The van der Waals surface area contributed by atoms with Crippen molar-refractivity contribution in [1.29, 1.82) is 0 Å². The predicted molar refractivity (Wildman–Crippen MR) is 123 cm³/mol. The first-order chi connectivity index (χ1) is 13.7.